The second kappa shape index (κ2) is 7.01. The summed E-state index contributed by atoms with van der Waals surface area (Å²) in [6.07, 6.45) is 1.74. The molecule has 1 saturated heterocycles. The quantitative estimate of drug-likeness (QED) is 0.702. The Balaban J connectivity index is 1.86. The number of benzene rings is 2. The van der Waals surface area contributed by atoms with Gasteiger partial charge < -0.3 is 5.32 Å². The number of amides is 1. The summed E-state index contributed by atoms with van der Waals surface area (Å²) in [6, 6.07) is 11.1. The Hall–Kier alpha value is -1.75. The van der Waals surface area contributed by atoms with Gasteiger partial charge in [-0.15, -0.1) is 0 Å². The molecule has 1 N–H and O–H groups in total. The first-order valence-corrected chi connectivity index (χ1v) is 8.81. The van der Waals surface area contributed by atoms with Gasteiger partial charge in [-0.2, -0.15) is 0 Å². The maximum atomic E-state index is 12.1. The predicted octanol–water partition coefficient (Wildman–Crippen LogP) is 5.50. The van der Waals surface area contributed by atoms with Crippen LogP contribution >= 0.6 is 35.0 Å². The van der Waals surface area contributed by atoms with Crippen molar-refractivity contribution in [1.29, 1.82) is 0 Å². The number of thioether (sulfide) groups is 1. The molecule has 0 spiro atoms. The average Bonchev–Trinajstić information content (AvgIpc) is 2.85. The number of hydrogen-bond donors (Lipinski definition) is 1. The lowest BCUT2D eigenvalue weighted by Crippen LogP contribution is -2.19. The molecule has 1 heterocycles. The molecule has 0 radical (unpaired) electrons. The van der Waals surface area contributed by atoms with Crippen molar-refractivity contribution in [2.24, 2.45) is 4.99 Å². The fourth-order valence-corrected chi connectivity index (χ4v) is 3.45. The first kappa shape index (κ1) is 17.1. The largest absolute Gasteiger partial charge is 0.300 e. The zero-order valence-corrected chi connectivity index (χ0v) is 15.4. The highest BCUT2D eigenvalue weighted by atomic mass is 35.5. The predicted molar refractivity (Wildman–Crippen MR) is 103 cm³/mol. The van der Waals surface area contributed by atoms with Crippen LogP contribution in [0, 0.1) is 13.8 Å². The molecule has 24 heavy (non-hydrogen) atoms. The van der Waals surface area contributed by atoms with E-state index < -0.39 is 0 Å². The number of carbonyl (C=O) groups is 1. The van der Waals surface area contributed by atoms with Crippen molar-refractivity contribution in [3.05, 3.63) is 68.0 Å². The van der Waals surface area contributed by atoms with E-state index in [0.29, 0.717) is 20.1 Å². The molecule has 0 aliphatic carbocycles. The monoisotopic (exact) mass is 376 g/mol. The van der Waals surface area contributed by atoms with Gasteiger partial charge in [-0.3, -0.25) is 4.79 Å². The molecule has 2 aromatic carbocycles. The van der Waals surface area contributed by atoms with Crippen LogP contribution in [0.2, 0.25) is 10.0 Å². The van der Waals surface area contributed by atoms with Crippen molar-refractivity contribution in [3.8, 4) is 0 Å². The third-order valence-corrected chi connectivity index (χ3v) is 5.09. The summed E-state index contributed by atoms with van der Waals surface area (Å²) >= 11 is 13.3. The van der Waals surface area contributed by atoms with Crippen LogP contribution in [0.5, 0.6) is 0 Å². The van der Waals surface area contributed by atoms with Crippen LogP contribution in [0.1, 0.15) is 16.7 Å². The van der Waals surface area contributed by atoms with E-state index in [2.05, 4.69) is 17.2 Å². The highest BCUT2D eigenvalue weighted by Crippen LogP contribution is 2.31. The van der Waals surface area contributed by atoms with Gasteiger partial charge in [0.25, 0.3) is 5.91 Å². The number of hydrogen-bond acceptors (Lipinski definition) is 3. The SMILES string of the molecule is Cc1ccc(N=C2NC(=O)/C(=C/c3ccc(Cl)cc3Cl)S2)cc1C. The highest BCUT2D eigenvalue weighted by molar-refractivity contribution is 8.18. The van der Waals surface area contributed by atoms with Gasteiger partial charge in [0.05, 0.1) is 10.6 Å². The van der Waals surface area contributed by atoms with E-state index in [-0.39, 0.29) is 5.91 Å². The standard InChI is InChI=1S/C18H14Cl2N2OS/c1-10-3-6-14(7-11(10)2)21-18-22-17(23)16(24-18)8-12-4-5-13(19)9-15(12)20/h3-9H,1-2H3,(H,21,22,23)/b16-8-. The Bertz CT molecular complexity index is 891. The van der Waals surface area contributed by atoms with Crippen molar-refractivity contribution in [2.75, 3.05) is 0 Å². The van der Waals surface area contributed by atoms with Crippen LogP contribution in [-0.4, -0.2) is 11.1 Å². The number of amidine groups is 1. The molecule has 0 unspecified atom stereocenters. The summed E-state index contributed by atoms with van der Waals surface area (Å²) < 4.78 is 0. The number of rotatable bonds is 2. The van der Waals surface area contributed by atoms with Gasteiger partial charge in [0.15, 0.2) is 5.17 Å². The summed E-state index contributed by atoms with van der Waals surface area (Å²) in [5.41, 5.74) is 3.92. The first-order valence-electron chi connectivity index (χ1n) is 7.24. The summed E-state index contributed by atoms with van der Waals surface area (Å²) in [7, 11) is 0. The van der Waals surface area contributed by atoms with Crippen molar-refractivity contribution in [2.45, 2.75) is 13.8 Å². The molecule has 0 aromatic heterocycles. The van der Waals surface area contributed by atoms with Crippen LogP contribution in [0.4, 0.5) is 5.69 Å². The lowest BCUT2D eigenvalue weighted by Gasteiger charge is -2.01. The van der Waals surface area contributed by atoms with Crippen LogP contribution in [-0.2, 0) is 4.79 Å². The fraction of sp³-hybridized carbons (Fsp3) is 0.111. The van der Waals surface area contributed by atoms with Gasteiger partial charge in [0.1, 0.15) is 0 Å². The molecule has 1 fully saturated rings. The molecule has 3 nitrogen and oxygen atoms in total. The van der Waals surface area contributed by atoms with Gasteiger partial charge >= 0.3 is 0 Å². The van der Waals surface area contributed by atoms with Crippen molar-refractivity contribution in [1.82, 2.24) is 5.32 Å². The van der Waals surface area contributed by atoms with Crippen LogP contribution in [0.3, 0.4) is 0 Å². The van der Waals surface area contributed by atoms with Crippen LogP contribution in [0.15, 0.2) is 46.3 Å². The number of halogens is 2. The summed E-state index contributed by atoms with van der Waals surface area (Å²) in [5.74, 6) is -0.186. The lowest BCUT2D eigenvalue weighted by atomic mass is 10.1. The first-order chi connectivity index (χ1) is 11.4. The maximum Gasteiger partial charge on any atom is 0.264 e. The van der Waals surface area contributed by atoms with E-state index in [1.54, 1.807) is 24.3 Å². The minimum atomic E-state index is -0.186. The van der Waals surface area contributed by atoms with E-state index in [9.17, 15) is 4.79 Å². The second-order valence-electron chi connectivity index (χ2n) is 5.42. The molecule has 2 aromatic rings. The Morgan fingerprint density at radius 1 is 1.08 bits per heavy atom. The van der Waals surface area contributed by atoms with Gasteiger partial charge in [0, 0.05) is 10.0 Å². The van der Waals surface area contributed by atoms with Crippen LogP contribution in [0.25, 0.3) is 6.08 Å². The summed E-state index contributed by atoms with van der Waals surface area (Å²) in [4.78, 5) is 17.2. The number of carbonyl (C=O) groups excluding carboxylic acids is 1. The van der Waals surface area contributed by atoms with Gasteiger partial charge in [0.2, 0.25) is 0 Å². The van der Waals surface area contributed by atoms with E-state index in [0.717, 1.165) is 16.8 Å². The Labute approximate surface area is 154 Å². The van der Waals surface area contributed by atoms with E-state index in [1.807, 2.05) is 25.1 Å². The van der Waals surface area contributed by atoms with Crippen molar-refractivity contribution in [3.63, 3.8) is 0 Å². The molecule has 0 bridgehead atoms. The molecule has 122 valence electrons. The van der Waals surface area contributed by atoms with Crippen molar-refractivity contribution < 1.29 is 4.79 Å². The fourth-order valence-electron chi connectivity index (χ4n) is 2.15. The summed E-state index contributed by atoms with van der Waals surface area (Å²) in [6.45, 7) is 4.09. The number of nitrogens with one attached hydrogen (secondary N) is 1. The third-order valence-electron chi connectivity index (χ3n) is 3.62. The highest BCUT2D eigenvalue weighted by Gasteiger charge is 2.24. The Morgan fingerprint density at radius 2 is 1.88 bits per heavy atom. The van der Waals surface area contributed by atoms with E-state index in [4.69, 9.17) is 23.2 Å². The van der Waals surface area contributed by atoms with Crippen LogP contribution < -0.4 is 5.32 Å². The smallest absolute Gasteiger partial charge is 0.264 e. The zero-order chi connectivity index (χ0) is 17.3. The third kappa shape index (κ3) is 3.83. The molecule has 1 aliphatic rings. The number of nitrogens with zero attached hydrogens (tertiary/aromatic N) is 1. The molecular formula is C18H14Cl2N2OS. The van der Waals surface area contributed by atoms with Gasteiger partial charge in [-0.1, -0.05) is 35.3 Å². The molecule has 6 heteroatoms. The van der Waals surface area contributed by atoms with Gasteiger partial charge in [-0.05, 0) is 72.6 Å². The lowest BCUT2D eigenvalue weighted by molar-refractivity contribution is -0.115. The molecule has 1 aliphatic heterocycles. The van der Waals surface area contributed by atoms with Crippen molar-refractivity contribution >= 4 is 57.8 Å². The van der Waals surface area contributed by atoms with Gasteiger partial charge in [-0.25, -0.2) is 4.99 Å². The van der Waals surface area contributed by atoms with E-state index in [1.165, 1.54) is 17.3 Å². The minimum absolute atomic E-state index is 0.186. The maximum absolute atomic E-state index is 12.1. The molecular weight excluding hydrogens is 363 g/mol. The van der Waals surface area contributed by atoms with E-state index >= 15 is 0 Å². The topological polar surface area (TPSA) is 41.5 Å². The Kier molecular flexibility index (Phi) is 4.99. The number of aryl methyl sites for hydroxylation is 2. The molecule has 3 rings (SSSR count). The second-order valence-corrected chi connectivity index (χ2v) is 7.29. The minimum Gasteiger partial charge on any atom is -0.300 e. The number of aliphatic imine (C=N–C) groups is 1. The normalized spacial score (nSPS) is 17.6. The summed E-state index contributed by atoms with van der Waals surface area (Å²) in [5, 5.41) is 4.39. The molecule has 1 amide bonds. The average molecular weight is 377 g/mol. The Morgan fingerprint density at radius 3 is 2.58 bits per heavy atom. The zero-order valence-electron chi connectivity index (χ0n) is 13.1. The molecule has 0 atom stereocenters. The molecule has 0 saturated carbocycles.